The number of alkyl halides is 3. The van der Waals surface area contributed by atoms with Crippen molar-refractivity contribution < 1.29 is 27.8 Å². The number of aromatic nitrogens is 2. The van der Waals surface area contributed by atoms with Crippen LogP contribution in [-0.2, 0) is 27.7 Å². The van der Waals surface area contributed by atoms with Crippen molar-refractivity contribution in [3.05, 3.63) is 57.7 Å². The normalized spacial score (nSPS) is 26.6. The van der Waals surface area contributed by atoms with E-state index in [2.05, 4.69) is 18.8 Å². The Hall–Kier alpha value is -2.03. The molecule has 2 aromatic heterocycles. The standard InChI is InChI=1S/C27H31F3N2O3/c1-15(2)23-21-22(20-18(32-23)12-25(6-3-7-25)13-19(20)33)26(8-10-34-11-9-26)35-24(21)17-5-4-16(14-31-17)27(28,29)30/h4-5,14-15,19,24,33H,3,6-13H2,1-2H3/t19-,24+/m0/s1. The van der Waals surface area contributed by atoms with Crippen molar-refractivity contribution in [2.24, 2.45) is 5.41 Å². The highest BCUT2D eigenvalue weighted by Crippen LogP contribution is 2.60. The fourth-order valence-corrected chi connectivity index (χ4v) is 6.72. The molecule has 2 spiro atoms. The molecule has 1 saturated carbocycles. The van der Waals surface area contributed by atoms with E-state index in [-0.39, 0.29) is 11.3 Å². The van der Waals surface area contributed by atoms with E-state index in [0.29, 0.717) is 31.7 Å². The predicted octanol–water partition coefficient (Wildman–Crippen LogP) is 5.89. The Morgan fingerprint density at radius 2 is 1.83 bits per heavy atom. The molecule has 1 saturated heterocycles. The summed E-state index contributed by atoms with van der Waals surface area (Å²) < 4.78 is 52.1. The SMILES string of the molecule is CC(C)c1nc2c(c3c1[C@@H](c1ccc(C(F)(F)F)cn1)OC31CCOCC1)[C@@H](O)CC1(CCC1)C2. The summed E-state index contributed by atoms with van der Waals surface area (Å²) in [6, 6.07) is 2.48. The van der Waals surface area contributed by atoms with Gasteiger partial charge in [0.05, 0.1) is 23.0 Å². The van der Waals surface area contributed by atoms with Gasteiger partial charge in [0, 0.05) is 54.8 Å². The van der Waals surface area contributed by atoms with Gasteiger partial charge >= 0.3 is 6.18 Å². The summed E-state index contributed by atoms with van der Waals surface area (Å²) in [5.74, 6) is 0.0843. The van der Waals surface area contributed by atoms with Gasteiger partial charge in [-0.15, -0.1) is 0 Å². The fraction of sp³-hybridized carbons (Fsp3) is 0.630. The molecule has 2 fully saturated rings. The number of ether oxygens (including phenoxy) is 2. The van der Waals surface area contributed by atoms with Gasteiger partial charge in [0.1, 0.15) is 6.10 Å². The first-order valence-electron chi connectivity index (χ1n) is 12.7. The molecule has 0 amide bonds. The van der Waals surface area contributed by atoms with E-state index >= 15 is 0 Å². The van der Waals surface area contributed by atoms with Crippen LogP contribution in [0, 0.1) is 5.41 Å². The highest BCUT2D eigenvalue weighted by Gasteiger charge is 2.54. The van der Waals surface area contributed by atoms with Gasteiger partial charge < -0.3 is 14.6 Å². The number of pyridine rings is 2. The lowest BCUT2D eigenvalue weighted by atomic mass is 9.58. The summed E-state index contributed by atoms with van der Waals surface area (Å²) in [7, 11) is 0. The molecule has 5 nitrogen and oxygen atoms in total. The maximum atomic E-state index is 13.2. The molecule has 0 aromatic carbocycles. The predicted molar refractivity (Wildman–Crippen MR) is 122 cm³/mol. The van der Waals surface area contributed by atoms with Crippen molar-refractivity contribution in [2.75, 3.05) is 13.2 Å². The van der Waals surface area contributed by atoms with E-state index in [0.717, 1.165) is 66.0 Å². The second kappa shape index (κ2) is 7.98. The van der Waals surface area contributed by atoms with Gasteiger partial charge in [-0.2, -0.15) is 13.2 Å². The number of halogens is 3. The van der Waals surface area contributed by atoms with Crippen LogP contribution in [0.15, 0.2) is 18.3 Å². The molecule has 6 rings (SSSR count). The van der Waals surface area contributed by atoms with Crippen molar-refractivity contribution in [3.8, 4) is 0 Å². The summed E-state index contributed by atoms with van der Waals surface area (Å²) in [5.41, 5.74) is 3.78. The minimum absolute atomic E-state index is 0.0843. The second-order valence-electron chi connectivity index (χ2n) is 11.1. The van der Waals surface area contributed by atoms with Crippen molar-refractivity contribution in [1.29, 1.82) is 0 Å². The van der Waals surface area contributed by atoms with E-state index in [1.807, 2.05) is 0 Å². The number of rotatable bonds is 2. The Morgan fingerprint density at radius 3 is 2.40 bits per heavy atom. The number of hydrogen-bond donors (Lipinski definition) is 1. The quantitative estimate of drug-likeness (QED) is 0.571. The van der Waals surface area contributed by atoms with E-state index in [1.54, 1.807) is 0 Å². The van der Waals surface area contributed by atoms with Gasteiger partial charge in [0.2, 0.25) is 0 Å². The molecule has 0 bridgehead atoms. The average Bonchev–Trinajstić information content (AvgIpc) is 3.11. The molecule has 35 heavy (non-hydrogen) atoms. The van der Waals surface area contributed by atoms with Crippen LogP contribution in [-0.4, -0.2) is 28.3 Å². The van der Waals surface area contributed by atoms with E-state index in [1.165, 1.54) is 12.5 Å². The summed E-state index contributed by atoms with van der Waals surface area (Å²) >= 11 is 0. The topological polar surface area (TPSA) is 64.5 Å². The zero-order chi connectivity index (χ0) is 24.6. The third-order valence-corrected chi connectivity index (χ3v) is 8.59. The zero-order valence-corrected chi connectivity index (χ0v) is 20.1. The van der Waals surface area contributed by atoms with Crippen LogP contribution >= 0.6 is 0 Å². The Morgan fingerprint density at radius 1 is 1.09 bits per heavy atom. The first-order valence-corrected chi connectivity index (χ1v) is 12.7. The first-order chi connectivity index (χ1) is 16.6. The largest absolute Gasteiger partial charge is 0.417 e. The Balaban J connectivity index is 1.55. The Kier molecular flexibility index (Phi) is 5.33. The van der Waals surface area contributed by atoms with Gasteiger partial charge in [-0.3, -0.25) is 9.97 Å². The molecule has 4 aliphatic rings. The molecular weight excluding hydrogens is 457 g/mol. The minimum atomic E-state index is -4.45. The highest BCUT2D eigenvalue weighted by molar-refractivity contribution is 5.54. The average molecular weight is 489 g/mol. The Bertz CT molecular complexity index is 1140. The van der Waals surface area contributed by atoms with Crippen molar-refractivity contribution in [2.45, 2.75) is 88.7 Å². The van der Waals surface area contributed by atoms with Crippen LogP contribution in [0.25, 0.3) is 0 Å². The molecule has 1 N–H and O–H groups in total. The van der Waals surface area contributed by atoms with Crippen LogP contribution in [0.4, 0.5) is 13.2 Å². The smallest absolute Gasteiger partial charge is 0.388 e. The number of nitrogens with zero attached hydrogens (tertiary/aromatic N) is 2. The maximum absolute atomic E-state index is 13.2. The van der Waals surface area contributed by atoms with Gasteiger partial charge in [0.25, 0.3) is 0 Å². The Labute approximate surface area is 203 Å². The lowest BCUT2D eigenvalue weighted by Crippen LogP contribution is -2.40. The van der Waals surface area contributed by atoms with Crippen molar-refractivity contribution in [1.82, 2.24) is 9.97 Å². The summed E-state index contributed by atoms with van der Waals surface area (Å²) in [5, 5.41) is 11.5. The molecule has 8 heteroatoms. The lowest BCUT2D eigenvalue weighted by Gasteiger charge is -2.48. The molecule has 4 heterocycles. The van der Waals surface area contributed by atoms with Gasteiger partial charge in [-0.1, -0.05) is 20.3 Å². The number of fused-ring (bicyclic) bond motifs is 4. The molecular formula is C27H31F3N2O3. The highest BCUT2D eigenvalue weighted by atomic mass is 19.4. The summed E-state index contributed by atoms with van der Waals surface area (Å²) in [6.07, 6.45) is 1.45. The molecule has 2 aliphatic heterocycles. The number of hydrogen-bond acceptors (Lipinski definition) is 5. The van der Waals surface area contributed by atoms with Crippen LogP contribution in [0.3, 0.4) is 0 Å². The lowest BCUT2D eigenvalue weighted by molar-refractivity contribution is -0.138. The van der Waals surface area contributed by atoms with Crippen LogP contribution in [0.2, 0.25) is 0 Å². The monoisotopic (exact) mass is 488 g/mol. The van der Waals surface area contributed by atoms with Crippen molar-refractivity contribution in [3.63, 3.8) is 0 Å². The summed E-state index contributed by atoms with van der Waals surface area (Å²) in [4.78, 5) is 9.36. The van der Waals surface area contributed by atoms with E-state index in [9.17, 15) is 18.3 Å². The van der Waals surface area contributed by atoms with E-state index in [4.69, 9.17) is 14.5 Å². The van der Waals surface area contributed by atoms with Crippen molar-refractivity contribution >= 4 is 0 Å². The molecule has 0 radical (unpaired) electrons. The number of aliphatic hydroxyl groups is 1. The maximum Gasteiger partial charge on any atom is 0.417 e. The third-order valence-electron chi connectivity index (χ3n) is 8.59. The van der Waals surface area contributed by atoms with Crippen LogP contribution in [0.1, 0.15) is 110 Å². The van der Waals surface area contributed by atoms with Crippen LogP contribution in [0.5, 0.6) is 0 Å². The van der Waals surface area contributed by atoms with Gasteiger partial charge in [0.15, 0.2) is 0 Å². The first kappa shape index (κ1) is 23.4. The van der Waals surface area contributed by atoms with E-state index < -0.39 is 29.5 Å². The zero-order valence-electron chi connectivity index (χ0n) is 20.1. The number of aliphatic hydroxyl groups excluding tert-OH is 1. The fourth-order valence-electron chi connectivity index (χ4n) is 6.72. The summed E-state index contributed by atoms with van der Waals surface area (Å²) in [6.45, 7) is 5.22. The molecule has 2 aliphatic carbocycles. The van der Waals surface area contributed by atoms with Crippen LogP contribution < -0.4 is 0 Å². The van der Waals surface area contributed by atoms with Gasteiger partial charge in [-0.25, -0.2) is 0 Å². The third kappa shape index (κ3) is 3.63. The second-order valence-corrected chi connectivity index (χ2v) is 11.1. The molecule has 2 aromatic rings. The molecule has 188 valence electrons. The van der Waals surface area contributed by atoms with Gasteiger partial charge in [-0.05, 0) is 54.7 Å². The molecule has 0 unspecified atom stereocenters. The molecule has 2 atom stereocenters. The minimum Gasteiger partial charge on any atom is -0.388 e.